The Morgan fingerprint density at radius 1 is 1.17 bits per heavy atom. The van der Waals surface area contributed by atoms with Gasteiger partial charge in [-0.05, 0) is 12.5 Å². The second-order valence-corrected chi connectivity index (χ2v) is 6.10. The number of aromatic nitrogens is 2. The minimum atomic E-state index is 0. The van der Waals surface area contributed by atoms with E-state index in [-0.39, 0.29) is 18.3 Å². The largest absolute Gasteiger partial charge is 0.336 e. The molecule has 2 aromatic rings. The lowest BCUT2D eigenvalue weighted by Crippen LogP contribution is -2.49. The molecule has 1 amide bonds. The molecule has 2 aliphatic heterocycles. The molecule has 1 aromatic carbocycles. The van der Waals surface area contributed by atoms with Gasteiger partial charge in [0.1, 0.15) is 0 Å². The number of piperazine rings is 1. The van der Waals surface area contributed by atoms with Crippen LogP contribution in [0.3, 0.4) is 0 Å². The summed E-state index contributed by atoms with van der Waals surface area (Å²) in [6.07, 6.45) is 1.06. The van der Waals surface area contributed by atoms with Crippen LogP contribution in [-0.2, 0) is 0 Å². The van der Waals surface area contributed by atoms with E-state index >= 15 is 0 Å². The molecular formula is C16H22ClN5O. The first kappa shape index (κ1) is 16.2. The Morgan fingerprint density at radius 2 is 1.96 bits per heavy atom. The zero-order valence-electron chi connectivity index (χ0n) is 13.0. The van der Waals surface area contributed by atoms with E-state index in [1.807, 2.05) is 29.2 Å². The lowest BCUT2D eigenvalue weighted by molar-refractivity contribution is 0.0769. The summed E-state index contributed by atoms with van der Waals surface area (Å²) in [6, 6.07) is 8.30. The number of para-hydroxylation sites is 1. The second-order valence-electron chi connectivity index (χ2n) is 6.10. The van der Waals surface area contributed by atoms with E-state index in [0.29, 0.717) is 11.7 Å². The van der Waals surface area contributed by atoms with E-state index in [2.05, 4.69) is 20.4 Å². The Kier molecular flexibility index (Phi) is 4.84. The Hall–Kier alpha value is -1.63. The van der Waals surface area contributed by atoms with Crippen LogP contribution < -0.4 is 5.32 Å². The number of nitrogens with one attached hydrogen (secondary N) is 2. The Bertz CT molecular complexity index is 682. The smallest absolute Gasteiger partial charge is 0.275 e. The van der Waals surface area contributed by atoms with Gasteiger partial charge in [-0.15, -0.1) is 12.4 Å². The molecule has 7 heteroatoms. The van der Waals surface area contributed by atoms with Crippen molar-refractivity contribution < 1.29 is 4.79 Å². The first-order chi connectivity index (χ1) is 10.8. The molecule has 2 fully saturated rings. The Balaban J connectivity index is 0.00000156. The topological polar surface area (TPSA) is 64.3 Å². The number of carbonyl (C=O) groups is 1. The fourth-order valence-electron chi connectivity index (χ4n) is 3.55. The van der Waals surface area contributed by atoms with Crippen molar-refractivity contribution in [1.29, 1.82) is 0 Å². The highest BCUT2D eigenvalue weighted by Crippen LogP contribution is 2.21. The van der Waals surface area contributed by atoms with E-state index < -0.39 is 0 Å². The molecule has 3 heterocycles. The molecule has 0 saturated carbocycles. The van der Waals surface area contributed by atoms with Gasteiger partial charge in [0.2, 0.25) is 0 Å². The van der Waals surface area contributed by atoms with Crippen LogP contribution in [0.2, 0.25) is 0 Å². The van der Waals surface area contributed by atoms with Gasteiger partial charge in [-0.3, -0.25) is 14.8 Å². The fourth-order valence-corrected chi connectivity index (χ4v) is 3.55. The monoisotopic (exact) mass is 335 g/mol. The predicted octanol–water partition coefficient (Wildman–Crippen LogP) is 1.10. The number of hydrogen-bond donors (Lipinski definition) is 2. The van der Waals surface area contributed by atoms with Gasteiger partial charge in [-0.25, -0.2) is 0 Å². The zero-order chi connectivity index (χ0) is 14.9. The molecule has 1 aromatic heterocycles. The highest BCUT2D eigenvalue weighted by Gasteiger charge is 2.32. The average Bonchev–Trinajstić information content (AvgIpc) is 3.22. The van der Waals surface area contributed by atoms with Gasteiger partial charge >= 0.3 is 0 Å². The molecule has 2 aliphatic rings. The summed E-state index contributed by atoms with van der Waals surface area (Å²) in [4.78, 5) is 17.2. The number of H-pyrrole nitrogens is 1. The van der Waals surface area contributed by atoms with Crippen LogP contribution >= 0.6 is 12.4 Å². The average molecular weight is 336 g/mol. The molecular weight excluding hydrogens is 314 g/mol. The number of hydrogen-bond acceptors (Lipinski definition) is 4. The van der Waals surface area contributed by atoms with E-state index in [4.69, 9.17) is 0 Å². The fraction of sp³-hybridized carbons (Fsp3) is 0.500. The molecule has 6 nitrogen and oxygen atoms in total. The highest BCUT2D eigenvalue weighted by atomic mass is 35.5. The number of carbonyl (C=O) groups excluding carboxylic acids is 1. The third kappa shape index (κ3) is 3.06. The predicted molar refractivity (Wildman–Crippen MR) is 92.1 cm³/mol. The minimum absolute atomic E-state index is 0. The van der Waals surface area contributed by atoms with E-state index in [1.165, 1.54) is 0 Å². The third-order valence-corrected chi connectivity index (χ3v) is 4.79. The second kappa shape index (κ2) is 6.86. The van der Waals surface area contributed by atoms with E-state index in [9.17, 15) is 4.79 Å². The Morgan fingerprint density at radius 3 is 2.78 bits per heavy atom. The van der Waals surface area contributed by atoms with Crippen LogP contribution in [0.5, 0.6) is 0 Å². The van der Waals surface area contributed by atoms with Crippen molar-refractivity contribution in [2.24, 2.45) is 0 Å². The molecule has 2 N–H and O–H groups in total. The normalized spacial score (nSPS) is 22.3. The number of nitrogens with zero attached hydrogens (tertiary/aromatic N) is 3. The summed E-state index contributed by atoms with van der Waals surface area (Å²) in [7, 11) is 0. The molecule has 4 rings (SSSR count). The number of aromatic amines is 1. The summed E-state index contributed by atoms with van der Waals surface area (Å²) in [5.41, 5.74) is 1.47. The van der Waals surface area contributed by atoms with Gasteiger partial charge in [-0.2, -0.15) is 5.10 Å². The lowest BCUT2D eigenvalue weighted by Gasteiger charge is -2.32. The van der Waals surface area contributed by atoms with Gasteiger partial charge in [0.15, 0.2) is 5.69 Å². The van der Waals surface area contributed by atoms with Gasteiger partial charge < -0.3 is 10.2 Å². The van der Waals surface area contributed by atoms with E-state index in [1.54, 1.807) is 0 Å². The SMILES string of the molecule is Cl.O=C(c1n[nH]c2ccccc12)N1CCC(N2CCNCC2)C1. The summed E-state index contributed by atoms with van der Waals surface area (Å²) < 4.78 is 0. The van der Waals surface area contributed by atoms with Crippen LogP contribution in [0.15, 0.2) is 24.3 Å². The molecule has 0 spiro atoms. The van der Waals surface area contributed by atoms with Gasteiger partial charge in [0.05, 0.1) is 5.52 Å². The minimum Gasteiger partial charge on any atom is -0.336 e. The summed E-state index contributed by atoms with van der Waals surface area (Å²) in [6.45, 7) is 5.91. The van der Waals surface area contributed by atoms with Crippen molar-refractivity contribution in [3.63, 3.8) is 0 Å². The molecule has 1 unspecified atom stereocenters. The lowest BCUT2D eigenvalue weighted by atomic mass is 10.2. The van der Waals surface area contributed by atoms with Crippen molar-refractivity contribution in [2.45, 2.75) is 12.5 Å². The van der Waals surface area contributed by atoms with Crippen molar-refractivity contribution >= 4 is 29.2 Å². The molecule has 23 heavy (non-hydrogen) atoms. The van der Waals surface area contributed by atoms with Crippen LogP contribution in [-0.4, -0.2) is 71.2 Å². The van der Waals surface area contributed by atoms with Gasteiger partial charge in [-0.1, -0.05) is 18.2 Å². The third-order valence-electron chi connectivity index (χ3n) is 4.79. The quantitative estimate of drug-likeness (QED) is 0.863. The van der Waals surface area contributed by atoms with Crippen LogP contribution in [0.4, 0.5) is 0 Å². The number of rotatable bonds is 2. The number of halogens is 1. The van der Waals surface area contributed by atoms with Crippen molar-refractivity contribution in [3.05, 3.63) is 30.0 Å². The molecule has 0 aliphatic carbocycles. The molecule has 124 valence electrons. The molecule has 1 atom stereocenters. The number of fused-ring (bicyclic) bond motifs is 1. The first-order valence-electron chi connectivity index (χ1n) is 8.00. The van der Waals surface area contributed by atoms with E-state index in [0.717, 1.165) is 56.6 Å². The van der Waals surface area contributed by atoms with Crippen LogP contribution in [0, 0.1) is 0 Å². The number of amides is 1. The maximum absolute atomic E-state index is 12.8. The van der Waals surface area contributed by atoms with Gasteiger partial charge in [0.25, 0.3) is 5.91 Å². The Labute approximate surface area is 141 Å². The summed E-state index contributed by atoms with van der Waals surface area (Å²) in [5, 5.41) is 11.5. The summed E-state index contributed by atoms with van der Waals surface area (Å²) >= 11 is 0. The van der Waals surface area contributed by atoms with Crippen molar-refractivity contribution in [2.75, 3.05) is 39.3 Å². The van der Waals surface area contributed by atoms with Gasteiger partial charge in [0, 0.05) is 50.7 Å². The zero-order valence-corrected chi connectivity index (χ0v) is 13.8. The van der Waals surface area contributed by atoms with Crippen molar-refractivity contribution in [1.82, 2.24) is 25.3 Å². The standard InChI is InChI=1S/C16H21N5O.ClH/c22-16(15-13-3-1-2-4-14(13)18-19-15)21-8-5-12(11-21)20-9-6-17-7-10-20;/h1-4,12,17H,5-11H2,(H,18,19);1H. The van der Waals surface area contributed by atoms with Crippen LogP contribution in [0.25, 0.3) is 10.9 Å². The molecule has 0 radical (unpaired) electrons. The number of likely N-dealkylation sites (tertiary alicyclic amines) is 1. The van der Waals surface area contributed by atoms with Crippen molar-refractivity contribution in [3.8, 4) is 0 Å². The van der Waals surface area contributed by atoms with Crippen LogP contribution in [0.1, 0.15) is 16.9 Å². The molecule has 0 bridgehead atoms. The maximum Gasteiger partial charge on any atom is 0.275 e. The highest BCUT2D eigenvalue weighted by molar-refractivity contribution is 6.04. The first-order valence-corrected chi connectivity index (χ1v) is 8.00. The summed E-state index contributed by atoms with van der Waals surface area (Å²) in [5.74, 6) is 0.0510. The molecule has 2 saturated heterocycles. The number of benzene rings is 1. The maximum atomic E-state index is 12.8.